The van der Waals surface area contributed by atoms with Gasteiger partial charge in [0.15, 0.2) is 11.4 Å². The maximum atomic E-state index is 12.1. The lowest BCUT2D eigenvalue weighted by Gasteiger charge is -2.06. The zero-order valence-corrected chi connectivity index (χ0v) is 13.6. The van der Waals surface area contributed by atoms with Crippen molar-refractivity contribution in [1.82, 2.24) is 5.32 Å². The fraction of sp³-hybridized carbons (Fsp3) is 0.118. The molecule has 2 aromatic rings. The van der Waals surface area contributed by atoms with Crippen molar-refractivity contribution in [2.45, 2.75) is 6.92 Å². The van der Waals surface area contributed by atoms with Crippen LogP contribution in [0.15, 0.2) is 53.5 Å². The van der Waals surface area contributed by atoms with E-state index in [2.05, 4.69) is 15.6 Å². The summed E-state index contributed by atoms with van der Waals surface area (Å²) in [5.74, 6) is -0.155. The molecular weight excluding hydrogens is 308 g/mol. The van der Waals surface area contributed by atoms with Crippen molar-refractivity contribution in [3.63, 3.8) is 0 Å². The lowest BCUT2D eigenvalue weighted by Crippen LogP contribution is -2.12. The monoisotopic (exact) mass is 324 g/mol. The minimum absolute atomic E-state index is 0.155. The standard InChI is InChI=1S/C17H16N4OS/c1-12-3-5-13(6-4-12)16(22)20-14-7-9-15(10-8-14)21-17(23-2)19-11-18/h3-10H,1-2H3,(H,19,21)(H,20,22). The lowest BCUT2D eigenvalue weighted by atomic mass is 10.1. The summed E-state index contributed by atoms with van der Waals surface area (Å²) in [6, 6.07) is 14.5. The van der Waals surface area contributed by atoms with Gasteiger partial charge >= 0.3 is 0 Å². The van der Waals surface area contributed by atoms with Crippen LogP contribution in [-0.4, -0.2) is 17.3 Å². The number of benzene rings is 2. The van der Waals surface area contributed by atoms with E-state index in [1.54, 1.807) is 36.4 Å². The molecule has 0 aliphatic heterocycles. The molecule has 0 aliphatic carbocycles. The molecule has 0 aromatic heterocycles. The highest BCUT2D eigenvalue weighted by molar-refractivity contribution is 8.13. The summed E-state index contributed by atoms with van der Waals surface area (Å²) in [6.07, 6.45) is 3.67. The summed E-state index contributed by atoms with van der Waals surface area (Å²) in [7, 11) is 0. The summed E-state index contributed by atoms with van der Waals surface area (Å²) in [5.41, 5.74) is 3.11. The molecule has 5 nitrogen and oxygen atoms in total. The lowest BCUT2D eigenvalue weighted by molar-refractivity contribution is 0.102. The zero-order valence-electron chi connectivity index (χ0n) is 12.8. The predicted octanol–water partition coefficient (Wildman–Crippen LogP) is 3.67. The molecule has 2 aromatic carbocycles. The van der Waals surface area contributed by atoms with E-state index in [4.69, 9.17) is 5.26 Å². The Kier molecular flexibility index (Phi) is 5.78. The number of hydrogen-bond acceptors (Lipinski definition) is 4. The number of carbonyl (C=O) groups excluding carboxylic acids is 1. The highest BCUT2D eigenvalue weighted by Gasteiger charge is 2.05. The minimum Gasteiger partial charge on any atom is -0.322 e. The van der Waals surface area contributed by atoms with Crippen LogP contribution >= 0.6 is 11.8 Å². The van der Waals surface area contributed by atoms with E-state index in [0.29, 0.717) is 22.1 Å². The van der Waals surface area contributed by atoms with Gasteiger partial charge in [-0.25, -0.2) is 4.99 Å². The molecule has 0 atom stereocenters. The van der Waals surface area contributed by atoms with Crippen LogP contribution in [0.1, 0.15) is 15.9 Å². The number of nitrogens with one attached hydrogen (secondary N) is 2. The Labute approximate surface area is 139 Å². The molecule has 0 saturated heterocycles. The van der Waals surface area contributed by atoms with Crippen molar-refractivity contribution in [3.05, 3.63) is 59.7 Å². The summed E-state index contributed by atoms with van der Waals surface area (Å²) < 4.78 is 0. The Morgan fingerprint density at radius 2 is 1.78 bits per heavy atom. The van der Waals surface area contributed by atoms with Crippen molar-refractivity contribution < 1.29 is 4.79 Å². The third-order valence-corrected chi connectivity index (χ3v) is 3.61. The summed E-state index contributed by atoms with van der Waals surface area (Å²) in [4.78, 5) is 16.4. The average Bonchev–Trinajstić information content (AvgIpc) is 2.56. The predicted molar refractivity (Wildman–Crippen MR) is 94.9 cm³/mol. The summed E-state index contributed by atoms with van der Waals surface area (Å²) in [6.45, 7) is 1.98. The number of rotatable bonds is 3. The van der Waals surface area contributed by atoms with Gasteiger partial charge < -0.3 is 5.32 Å². The van der Waals surface area contributed by atoms with Crippen molar-refractivity contribution in [1.29, 1.82) is 5.26 Å². The Hall–Kier alpha value is -2.78. The Balaban J connectivity index is 2.06. The van der Waals surface area contributed by atoms with Crippen LogP contribution in [0.2, 0.25) is 0 Å². The molecule has 0 spiro atoms. The summed E-state index contributed by atoms with van der Waals surface area (Å²) >= 11 is 1.35. The van der Waals surface area contributed by atoms with Crippen LogP contribution in [-0.2, 0) is 0 Å². The maximum Gasteiger partial charge on any atom is 0.255 e. The Bertz CT molecular complexity index is 746. The van der Waals surface area contributed by atoms with Crippen molar-refractivity contribution in [2.24, 2.45) is 4.99 Å². The van der Waals surface area contributed by atoms with Gasteiger partial charge in [0.2, 0.25) is 0 Å². The highest BCUT2D eigenvalue weighted by atomic mass is 32.2. The molecule has 2 rings (SSSR count). The average molecular weight is 324 g/mol. The Morgan fingerprint density at radius 1 is 1.13 bits per heavy atom. The van der Waals surface area contributed by atoms with Crippen LogP contribution in [0, 0.1) is 18.4 Å². The van der Waals surface area contributed by atoms with Gasteiger partial charge in [-0.1, -0.05) is 29.5 Å². The molecule has 0 saturated carbocycles. The number of thioether (sulfide) groups is 1. The van der Waals surface area contributed by atoms with Gasteiger partial charge in [0.25, 0.3) is 5.91 Å². The molecule has 1 amide bonds. The van der Waals surface area contributed by atoms with E-state index in [1.165, 1.54) is 11.8 Å². The third kappa shape index (κ3) is 4.87. The molecule has 0 radical (unpaired) electrons. The van der Waals surface area contributed by atoms with Crippen LogP contribution in [0.4, 0.5) is 11.4 Å². The van der Waals surface area contributed by atoms with Crippen molar-refractivity contribution in [3.8, 4) is 6.19 Å². The summed E-state index contributed by atoms with van der Waals surface area (Å²) in [5, 5.41) is 14.5. The van der Waals surface area contributed by atoms with Crippen LogP contribution < -0.4 is 10.6 Å². The fourth-order valence-corrected chi connectivity index (χ4v) is 2.16. The first-order valence-electron chi connectivity index (χ1n) is 6.88. The molecule has 116 valence electrons. The van der Waals surface area contributed by atoms with Crippen molar-refractivity contribution >= 4 is 34.2 Å². The molecule has 0 heterocycles. The van der Waals surface area contributed by atoms with E-state index in [9.17, 15) is 4.79 Å². The first kappa shape index (κ1) is 16.6. The molecule has 0 unspecified atom stereocenters. The molecule has 23 heavy (non-hydrogen) atoms. The number of amides is 1. The number of amidine groups is 1. The van der Waals surface area contributed by atoms with Gasteiger partial charge in [0.1, 0.15) is 0 Å². The van der Waals surface area contributed by atoms with Gasteiger partial charge in [0, 0.05) is 11.3 Å². The number of nitrogens with zero attached hydrogens (tertiary/aromatic N) is 2. The quantitative estimate of drug-likeness (QED) is 0.391. The Morgan fingerprint density at radius 3 is 2.35 bits per heavy atom. The first-order chi connectivity index (χ1) is 11.1. The zero-order chi connectivity index (χ0) is 16.7. The van der Waals surface area contributed by atoms with E-state index in [1.807, 2.05) is 31.5 Å². The van der Waals surface area contributed by atoms with Gasteiger partial charge in [-0.2, -0.15) is 5.26 Å². The second-order valence-corrected chi connectivity index (χ2v) is 5.52. The number of nitriles is 1. The smallest absolute Gasteiger partial charge is 0.255 e. The molecule has 0 aliphatic rings. The second-order valence-electron chi connectivity index (χ2n) is 4.72. The van der Waals surface area contributed by atoms with Gasteiger partial charge in [-0.15, -0.1) is 0 Å². The molecule has 2 N–H and O–H groups in total. The number of carbonyl (C=O) groups is 1. The normalized spacial score (nSPS) is 10.7. The van der Waals surface area contributed by atoms with E-state index >= 15 is 0 Å². The maximum absolute atomic E-state index is 12.1. The molecule has 0 bridgehead atoms. The minimum atomic E-state index is -0.155. The highest BCUT2D eigenvalue weighted by Crippen LogP contribution is 2.18. The van der Waals surface area contributed by atoms with E-state index < -0.39 is 0 Å². The van der Waals surface area contributed by atoms with E-state index in [0.717, 1.165) is 5.56 Å². The van der Waals surface area contributed by atoms with Gasteiger partial charge in [-0.3, -0.25) is 10.1 Å². The molecule has 0 fully saturated rings. The van der Waals surface area contributed by atoms with Gasteiger partial charge in [-0.05, 0) is 49.6 Å². The number of aliphatic imine (C=N–C) groups is 1. The van der Waals surface area contributed by atoms with E-state index in [-0.39, 0.29) is 5.91 Å². The van der Waals surface area contributed by atoms with Crippen LogP contribution in [0.5, 0.6) is 0 Å². The fourth-order valence-electron chi connectivity index (χ4n) is 1.82. The number of aryl methyl sites for hydroxylation is 1. The largest absolute Gasteiger partial charge is 0.322 e. The van der Waals surface area contributed by atoms with Gasteiger partial charge in [0.05, 0.1) is 5.69 Å². The first-order valence-corrected chi connectivity index (χ1v) is 8.10. The topological polar surface area (TPSA) is 77.3 Å². The molecular formula is C17H16N4OS. The third-order valence-electron chi connectivity index (χ3n) is 3.03. The van der Waals surface area contributed by atoms with Crippen molar-refractivity contribution in [2.75, 3.05) is 11.6 Å². The second kappa shape index (κ2) is 8.01. The number of hydrogen-bond donors (Lipinski definition) is 2. The van der Waals surface area contributed by atoms with Crippen LogP contribution in [0.25, 0.3) is 0 Å². The van der Waals surface area contributed by atoms with Crippen LogP contribution in [0.3, 0.4) is 0 Å². The molecule has 6 heteroatoms. The SMILES string of the molecule is CSC(=Nc1ccc(NC(=O)c2ccc(C)cc2)cc1)NC#N. The number of anilines is 1.